The van der Waals surface area contributed by atoms with Gasteiger partial charge in [-0.25, -0.2) is 0 Å². The summed E-state index contributed by atoms with van der Waals surface area (Å²) in [5.41, 5.74) is 0.989. The van der Waals surface area contributed by atoms with Crippen LogP contribution in [0.25, 0.3) is 0 Å². The van der Waals surface area contributed by atoms with Gasteiger partial charge in [0, 0.05) is 17.6 Å². The Labute approximate surface area is 126 Å². The quantitative estimate of drug-likeness (QED) is 0.905. The van der Waals surface area contributed by atoms with Crippen molar-refractivity contribution in [2.24, 2.45) is 0 Å². The summed E-state index contributed by atoms with van der Waals surface area (Å²) >= 11 is 5.98. The van der Waals surface area contributed by atoms with Crippen LogP contribution in [0.3, 0.4) is 0 Å². The Hall–Kier alpha value is -0.770. The molecule has 0 amide bonds. The summed E-state index contributed by atoms with van der Waals surface area (Å²) in [6, 6.07) is 6.13. The number of ether oxygens (including phenoxy) is 1. The van der Waals surface area contributed by atoms with Gasteiger partial charge < -0.3 is 9.84 Å². The third-order valence-corrected chi connectivity index (χ3v) is 4.38. The number of nitrogens with zero attached hydrogens (tertiary/aromatic N) is 1. The lowest BCUT2D eigenvalue weighted by Gasteiger charge is -2.34. The van der Waals surface area contributed by atoms with Crippen LogP contribution in [0, 0.1) is 6.92 Å². The smallest absolute Gasteiger partial charge is 0.119 e. The van der Waals surface area contributed by atoms with Crippen molar-refractivity contribution in [1.82, 2.24) is 4.90 Å². The average Bonchev–Trinajstić information content (AvgIpc) is 2.43. The third-order valence-electron chi connectivity index (χ3n) is 3.96. The molecule has 0 aromatic heterocycles. The molecular formula is C16H24ClNO2. The van der Waals surface area contributed by atoms with Gasteiger partial charge in [0.05, 0.1) is 0 Å². The number of benzene rings is 1. The number of aryl methyl sites for hydroxylation is 1. The molecule has 1 fully saturated rings. The van der Waals surface area contributed by atoms with E-state index in [2.05, 4.69) is 11.8 Å². The number of hydrogen-bond acceptors (Lipinski definition) is 3. The predicted octanol–water partition coefficient (Wildman–Crippen LogP) is 3.26. The van der Waals surface area contributed by atoms with E-state index in [0.717, 1.165) is 22.9 Å². The maximum Gasteiger partial charge on any atom is 0.119 e. The second kappa shape index (κ2) is 7.30. The van der Waals surface area contributed by atoms with Crippen molar-refractivity contribution in [3.63, 3.8) is 0 Å². The minimum Gasteiger partial charge on any atom is -0.491 e. The minimum atomic E-state index is -0.452. The molecule has 0 unspecified atom stereocenters. The first-order valence-electron chi connectivity index (χ1n) is 7.37. The standard InChI is InChI=1S/C16H24ClNO2/c1-12-9-15(6-7-16(12)17)20-11-14(19)10-18-8-4-3-5-13(18)2/h6-7,9,13-14,19H,3-5,8,10-11H2,1-2H3/t13-,14-/m0/s1. The average molecular weight is 298 g/mol. The maximum atomic E-state index is 10.1. The summed E-state index contributed by atoms with van der Waals surface area (Å²) in [4.78, 5) is 2.35. The minimum absolute atomic E-state index is 0.324. The summed E-state index contributed by atoms with van der Waals surface area (Å²) in [7, 11) is 0. The normalized spacial score (nSPS) is 21.7. The van der Waals surface area contributed by atoms with Crippen molar-refractivity contribution < 1.29 is 9.84 Å². The fourth-order valence-electron chi connectivity index (χ4n) is 2.65. The van der Waals surface area contributed by atoms with Crippen LogP contribution in [-0.2, 0) is 0 Å². The summed E-state index contributed by atoms with van der Waals surface area (Å²) < 4.78 is 5.65. The summed E-state index contributed by atoms with van der Waals surface area (Å²) in [5.74, 6) is 0.762. The largest absolute Gasteiger partial charge is 0.491 e. The number of halogens is 1. The van der Waals surface area contributed by atoms with E-state index < -0.39 is 6.10 Å². The zero-order valence-corrected chi connectivity index (χ0v) is 13.1. The lowest BCUT2D eigenvalue weighted by atomic mass is 10.0. The van der Waals surface area contributed by atoms with Crippen LogP contribution in [0.2, 0.25) is 5.02 Å². The fraction of sp³-hybridized carbons (Fsp3) is 0.625. The Kier molecular flexibility index (Phi) is 5.70. The molecule has 112 valence electrons. The second-order valence-electron chi connectivity index (χ2n) is 5.72. The molecule has 1 aliphatic heterocycles. The van der Waals surface area contributed by atoms with E-state index >= 15 is 0 Å². The zero-order valence-electron chi connectivity index (χ0n) is 12.3. The van der Waals surface area contributed by atoms with Crippen LogP contribution in [0.4, 0.5) is 0 Å². The van der Waals surface area contributed by atoms with E-state index in [-0.39, 0.29) is 0 Å². The maximum absolute atomic E-state index is 10.1. The van der Waals surface area contributed by atoms with Crippen LogP contribution in [0.5, 0.6) is 5.75 Å². The summed E-state index contributed by atoms with van der Waals surface area (Å²) in [6.45, 7) is 6.27. The molecule has 2 rings (SSSR count). The van der Waals surface area contributed by atoms with Gasteiger partial charge in [0.2, 0.25) is 0 Å². The first kappa shape index (κ1) is 15.6. The van der Waals surface area contributed by atoms with Crippen LogP contribution < -0.4 is 4.74 Å². The van der Waals surface area contributed by atoms with E-state index in [4.69, 9.17) is 16.3 Å². The van der Waals surface area contributed by atoms with Gasteiger partial charge in [0.25, 0.3) is 0 Å². The Morgan fingerprint density at radius 3 is 2.95 bits per heavy atom. The molecule has 0 saturated carbocycles. The molecule has 1 aromatic carbocycles. The van der Waals surface area contributed by atoms with Gasteiger partial charge in [0.1, 0.15) is 18.5 Å². The van der Waals surface area contributed by atoms with Crippen LogP contribution in [0.1, 0.15) is 31.7 Å². The van der Waals surface area contributed by atoms with Gasteiger partial charge >= 0.3 is 0 Å². The van der Waals surface area contributed by atoms with Crippen molar-refractivity contribution in [2.45, 2.75) is 45.3 Å². The van der Waals surface area contributed by atoms with Crippen molar-refractivity contribution in [2.75, 3.05) is 19.7 Å². The van der Waals surface area contributed by atoms with Crippen molar-refractivity contribution in [3.05, 3.63) is 28.8 Å². The van der Waals surface area contributed by atoms with E-state index in [1.165, 1.54) is 19.3 Å². The molecule has 1 saturated heterocycles. The first-order valence-corrected chi connectivity index (χ1v) is 7.75. The zero-order chi connectivity index (χ0) is 14.5. The molecule has 1 heterocycles. The number of rotatable bonds is 5. The van der Waals surface area contributed by atoms with Crippen LogP contribution in [0.15, 0.2) is 18.2 Å². The fourth-order valence-corrected chi connectivity index (χ4v) is 2.77. The molecule has 1 aromatic rings. The van der Waals surface area contributed by atoms with Gasteiger partial charge in [-0.05, 0) is 57.0 Å². The monoisotopic (exact) mass is 297 g/mol. The molecule has 2 atom stereocenters. The highest BCUT2D eigenvalue weighted by atomic mass is 35.5. The molecule has 0 radical (unpaired) electrons. The van der Waals surface area contributed by atoms with E-state index in [9.17, 15) is 5.11 Å². The highest BCUT2D eigenvalue weighted by molar-refractivity contribution is 6.31. The number of aliphatic hydroxyl groups is 1. The number of likely N-dealkylation sites (tertiary alicyclic amines) is 1. The van der Waals surface area contributed by atoms with Gasteiger partial charge in [-0.3, -0.25) is 4.90 Å². The summed E-state index contributed by atoms with van der Waals surface area (Å²) in [5, 5.41) is 10.8. The molecule has 1 aliphatic rings. The molecule has 3 nitrogen and oxygen atoms in total. The predicted molar refractivity (Wildman–Crippen MR) is 82.6 cm³/mol. The molecular weight excluding hydrogens is 274 g/mol. The van der Waals surface area contributed by atoms with Crippen molar-refractivity contribution >= 4 is 11.6 Å². The third kappa shape index (κ3) is 4.37. The highest BCUT2D eigenvalue weighted by Crippen LogP contribution is 2.21. The number of β-amino-alcohol motifs (C(OH)–C–C–N with tert-alkyl or cyclic N) is 1. The van der Waals surface area contributed by atoms with Crippen molar-refractivity contribution in [1.29, 1.82) is 0 Å². The number of piperidine rings is 1. The highest BCUT2D eigenvalue weighted by Gasteiger charge is 2.20. The molecule has 0 bridgehead atoms. The van der Waals surface area contributed by atoms with Crippen LogP contribution in [-0.4, -0.2) is 41.8 Å². The Balaban J connectivity index is 1.79. The lowest BCUT2D eigenvalue weighted by Crippen LogP contribution is -2.43. The van der Waals surface area contributed by atoms with Gasteiger partial charge in [-0.2, -0.15) is 0 Å². The molecule has 0 aliphatic carbocycles. The Bertz CT molecular complexity index is 438. The van der Waals surface area contributed by atoms with Gasteiger partial charge in [-0.1, -0.05) is 18.0 Å². The Morgan fingerprint density at radius 1 is 1.45 bits per heavy atom. The van der Waals surface area contributed by atoms with Crippen molar-refractivity contribution in [3.8, 4) is 5.75 Å². The van der Waals surface area contributed by atoms with Gasteiger partial charge in [0.15, 0.2) is 0 Å². The first-order chi connectivity index (χ1) is 9.56. The SMILES string of the molecule is Cc1cc(OC[C@@H](O)CN2CCCC[C@@H]2C)ccc1Cl. The van der Waals surface area contributed by atoms with Gasteiger partial charge in [-0.15, -0.1) is 0 Å². The molecule has 1 N–H and O–H groups in total. The molecule has 20 heavy (non-hydrogen) atoms. The molecule has 0 spiro atoms. The van der Waals surface area contributed by atoms with E-state index in [1.807, 2.05) is 25.1 Å². The number of aliphatic hydroxyl groups excluding tert-OH is 1. The van der Waals surface area contributed by atoms with Crippen LogP contribution >= 0.6 is 11.6 Å². The lowest BCUT2D eigenvalue weighted by molar-refractivity contribution is 0.0438. The van der Waals surface area contributed by atoms with E-state index in [1.54, 1.807) is 0 Å². The Morgan fingerprint density at radius 2 is 2.25 bits per heavy atom. The van der Waals surface area contributed by atoms with E-state index in [0.29, 0.717) is 19.2 Å². The summed E-state index contributed by atoms with van der Waals surface area (Å²) in [6.07, 6.45) is 3.30. The topological polar surface area (TPSA) is 32.7 Å². The second-order valence-corrected chi connectivity index (χ2v) is 6.12. The molecule has 4 heteroatoms. The number of hydrogen-bond donors (Lipinski definition) is 1.